The second-order valence-electron chi connectivity index (χ2n) is 11.0. The highest BCUT2D eigenvalue weighted by molar-refractivity contribution is 7.99. The summed E-state index contributed by atoms with van der Waals surface area (Å²) in [5, 5.41) is 3.02. The van der Waals surface area contributed by atoms with Crippen molar-refractivity contribution >= 4 is 41.4 Å². The molecule has 3 amide bonds. The molecule has 2 fully saturated rings. The molecule has 1 saturated heterocycles. The Hall–Kier alpha value is -2.07. The number of likely N-dealkylation sites (N-methyl/N-ethyl adjacent to an activating group) is 1. The molecule has 1 saturated carbocycles. The first-order valence-corrected chi connectivity index (χ1v) is 15.7. The van der Waals surface area contributed by atoms with Crippen LogP contribution in [-0.4, -0.2) is 82.7 Å². The monoisotopic (exact) mass is 565 g/mol. The van der Waals surface area contributed by atoms with Gasteiger partial charge in [0.25, 0.3) is 0 Å². The van der Waals surface area contributed by atoms with Crippen molar-refractivity contribution in [3.8, 4) is 5.75 Å². The summed E-state index contributed by atoms with van der Waals surface area (Å²) in [5.41, 5.74) is 0.300. The highest BCUT2D eigenvalue weighted by Gasteiger charge is 2.41. The van der Waals surface area contributed by atoms with Crippen LogP contribution in [0.5, 0.6) is 5.75 Å². The molecule has 38 heavy (non-hydrogen) atoms. The summed E-state index contributed by atoms with van der Waals surface area (Å²) in [6.07, 6.45) is 5.83. The minimum atomic E-state index is -0.653. The third-order valence-electron chi connectivity index (χ3n) is 6.89. The molecule has 10 heteroatoms. The Kier molecular flexibility index (Phi) is 11.5. The second-order valence-corrected chi connectivity index (χ2v) is 13.1. The first-order chi connectivity index (χ1) is 18.1. The van der Waals surface area contributed by atoms with Gasteiger partial charge in [0.15, 0.2) is 0 Å². The molecule has 1 aromatic rings. The van der Waals surface area contributed by atoms with Crippen molar-refractivity contribution < 1.29 is 23.9 Å². The van der Waals surface area contributed by atoms with Crippen LogP contribution in [0.4, 0.5) is 4.79 Å². The zero-order valence-electron chi connectivity index (χ0n) is 23.4. The fourth-order valence-corrected chi connectivity index (χ4v) is 7.18. The maximum Gasteiger partial charge on any atom is 0.411 e. The van der Waals surface area contributed by atoms with Crippen molar-refractivity contribution in [2.45, 2.75) is 77.1 Å². The minimum Gasteiger partial charge on any atom is -0.497 e. The number of thioether (sulfide) groups is 2. The third kappa shape index (κ3) is 9.00. The fourth-order valence-electron chi connectivity index (χ4n) is 4.65. The van der Waals surface area contributed by atoms with E-state index in [9.17, 15) is 14.4 Å². The van der Waals surface area contributed by atoms with E-state index in [2.05, 4.69) is 5.32 Å². The number of hydrogen-bond acceptors (Lipinski definition) is 7. The number of rotatable bonds is 10. The van der Waals surface area contributed by atoms with E-state index in [4.69, 9.17) is 9.47 Å². The van der Waals surface area contributed by atoms with Gasteiger partial charge in [-0.2, -0.15) is 11.8 Å². The normalized spacial score (nSPS) is 19.1. The molecule has 1 N–H and O–H groups in total. The number of nitrogens with zero attached hydrogens (tertiary/aromatic N) is 2. The molecule has 0 unspecified atom stereocenters. The molecule has 2 atom stereocenters. The van der Waals surface area contributed by atoms with Crippen molar-refractivity contribution in [1.29, 1.82) is 0 Å². The lowest BCUT2D eigenvalue weighted by atomic mass is 9.91. The Balaban J connectivity index is 1.67. The van der Waals surface area contributed by atoms with Crippen molar-refractivity contribution in [3.05, 3.63) is 29.8 Å². The van der Waals surface area contributed by atoms with Crippen LogP contribution < -0.4 is 10.1 Å². The molecule has 3 rings (SSSR count). The van der Waals surface area contributed by atoms with Crippen LogP contribution >= 0.6 is 23.5 Å². The van der Waals surface area contributed by atoms with Crippen molar-refractivity contribution in [2.24, 2.45) is 5.92 Å². The number of hydrogen-bond donors (Lipinski definition) is 1. The van der Waals surface area contributed by atoms with Crippen LogP contribution in [0, 0.1) is 5.92 Å². The van der Waals surface area contributed by atoms with Crippen LogP contribution in [0.3, 0.4) is 0 Å². The topological polar surface area (TPSA) is 88.2 Å². The average Bonchev–Trinajstić information content (AvgIpc) is 3.39. The molecule has 1 aromatic carbocycles. The van der Waals surface area contributed by atoms with Gasteiger partial charge in [-0.15, -0.1) is 11.8 Å². The first kappa shape index (κ1) is 30.5. The Morgan fingerprint density at radius 3 is 2.47 bits per heavy atom. The van der Waals surface area contributed by atoms with E-state index in [1.165, 1.54) is 53.7 Å². The van der Waals surface area contributed by atoms with E-state index in [1.807, 2.05) is 45.0 Å². The highest BCUT2D eigenvalue weighted by Crippen LogP contribution is 2.28. The van der Waals surface area contributed by atoms with E-state index < -0.39 is 23.8 Å². The third-order valence-corrected chi connectivity index (χ3v) is 9.16. The van der Waals surface area contributed by atoms with E-state index in [-0.39, 0.29) is 11.8 Å². The standard InChI is InChI=1S/C28H43N3O5S2/c1-28(2,3)36-27(34)31-19-38-18-24(31)26(33)30(4)23(17-37-16-21-9-7-6-8-10-21)25(32)29-15-20-11-13-22(35-5)14-12-20/h11-14,21,23-24H,6-10,15-19H2,1-5H3,(H,29,32)/t23-,24-/m0/s1. The van der Waals surface area contributed by atoms with Gasteiger partial charge in [0.1, 0.15) is 23.4 Å². The highest BCUT2D eigenvalue weighted by atomic mass is 32.2. The number of carbonyl (C=O) groups is 3. The maximum atomic E-state index is 13.6. The molecule has 212 valence electrons. The number of amides is 3. The van der Waals surface area contributed by atoms with E-state index in [1.54, 1.807) is 25.9 Å². The van der Waals surface area contributed by atoms with Crippen LogP contribution in [0.15, 0.2) is 24.3 Å². The molecule has 0 bridgehead atoms. The van der Waals surface area contributed by atoms with Crippen LogP contribution in [0.25, 0.3) is 0 Å². The second kappa shape index (κ2) is 14.4. The van der Waals surface area contributed by atoms with Gasteiger partial charge in [0, 0.05) is 25.1 Å². The molecular formula is C28H43N3O5S2. The van der Waals surface area contributed by atoms with Gasteiger partial charge in [-0.05, 0) is 63.0 Å². The summed E-state index contributed by atoms with van der Waals surface area (Å²) < 4.78 is 10.7. The van der Waals surface area contributed by atoms with Crippen molar-refractivity contribution in [1.82, 2.24) is 15.1 Å². The lowest BCUT2D eigenvalue weighted by molar-refractivity contribution is -0.141. The SMILES string of the molecule is COc1ccc(CNC(=O)[C@H](CSCC2CCCCC2)N(C)C(=O)[C@@H]2CSCN2C(=O)OC(C)(C)C)cc1. The molecule has 0 radical (unpaired) electrons. The van der Waals surface area contributed by atoms with Gasteiger partial charge in [-0.3, -0.25) is 14.5 Å². The van der Waals surface area contributed by atoms with Crippen LogP contribution in [-0.2, 0) is 20.9 Å². The molecule has 1 aliphatic carbocycles. The summed E-state index contributed by atoms with van der Waals surface area (Å²) in [4.78, 5) is 42.9. The van der Waals surface area contributed by atoms with Crippen LogP contribution in [0.2, 0.25) is 0 Å². The van der Waals surface area contributed by atoms with Gasteiger partial charge in [0.2, 0.25) is 11.8 Å². The largest absolute Gasteiger partial charge is 0.497 e. The Bertz CT molecular complexity index is 931. The Morgan fingerprint density at radius 1 is 1.16 bits per heavy atom. The summed E-state index contributed by atoms with van der Waals surface area (Å²) >= 11 is 3.26. The lowest BCUT2D eigenvalue weighted by Crippen LogP contribution is -2.55. The van der Waals surface area contributed by atoms with Crippen LogP contribution in [0.1, 0.15) is 58.4 Å². The number of ether oxygens (including phenoxy) is 2. The van der Waals surface area contributed by atoms with Gasteiger partial charge < -0.3 is 19.7 Å². The lowest BCUT2D eigenvalue weighted by Gasteiger charge is -2.33. The van der Waals surface area contributed by atoms with Crippen molar-refractivity contribution in [3.63, 3.8) is 0 Å². The fraction of sp³-hybridized carbons (Fsp3) is 0.679. The molecule has 1 aliphatic heterocycles. The Morgan fingerprint density at radius 2 is 1.84 bits per heavy atom. The van der Waals surface area contributed by atoms with Crippen molar-refractivity contribution in [2.75, 3.05) is 37.3 Å². The summed E-state index contributed by atoms with van der Waals surface area (Å²) in [6.45, 7) is 5.79. The molecule has 2 aliphatic rings. The molecule has 0 spiro atoms. The number of carbonyl (C=O) groups excluding carboxylic acids is 3. The average molecular weight is 566 g/mol. The van der Waals surface area contributed by atoms with Gasteiger partial charge >= 0.3 is 6.09 Å². The Labute approximate surface area is 235 Å². The van der Waals surface area contributed by atoms with Gasteiger partial charge in [0.05, 0.1) is 13.0 Å². The molecule has 0 aromatic heterocycles. The van der Waals surface area contributed by atoms with E-state index in [0.29, 0.717) is 29.8 Å². The maximum absolute atomic E-state index is 13.6. The zero-order valence-corrected chi connectivity index (χ0v) is 25.0. The number of benzene rings is 1. The minimum absolute atomic E-state index is 0.192. The number of nitrogens with one attached hydrogen (secondary N) is 1. The quantitative estimate of drug-likeness (QED) is 0.438. The predicted octanol–water partition coefficient (Wildman–Crippen LogP) is 4.76. The first-order valence-electron chi connectivity index (χ1n) is 13.4. The predicted molar refractivity (Wildman–Crippen MR) is 154 cm³/mol. The smallest absolute Gasteiger partial charge is 0.411 e. The van der Waals surface area contributed by atoms with E-state index >= 15 is 0 Å². The van der Waals surface area contributed by atoms with E-state index in [0.717, 1.165) is 17.1 Å². The molecule has 1 heterocycles. The molecular weight excluding hydrogens is 522 g/mol. The zero-order chi connectivity index (χ0) is 27.7. The summed E-state index contributed by atoms with van der Waals surface area (Å²) in [5.74, 6) is 3.39. The summed E-state index contributed by atoms with van der Waals surface area (Å²) in [7, 11) is 3.30. The summed E-state index contributed by atoms with van der Waals surface area (Å²) in [6, 6.07) is 6.25. The molecule has 8 nitrogen and oxygen atoms in total. The van der Waals surface area contributed by atoms with Gasteiger partial charge in [-0.25, -0.2) is 4.79 Å². The van der Waals surface area contributed by atoms with Gasteiger partial charge in [-0.1, -0.05) is 31.4 Å². The number of methoxy groups -OCH3 is 1.